The number of amides is 2. The molecule has 3 aliphatic rings. The van der Waals surface area contributed by atoms with Gasteiger partial charge >= 0.3 is 0 Å². The Balaban J connectivity index is 1.32. The molecular formula is C23H34N8O3. The minimum atomic E-state index is -0.740. The third-order valence-corrected chi connectivity index (χ3v) is 7.25. The smallest absolute Gasteiger partial charge is 0.248 e. The number of fused-ring (bicyclic) bond motifs is 1. The lowest BCUT2D eigenvalue weighted by molar-refractivity contribution is -0.144. The van der Waals surface area contributed by atoms with Crippen molar-refractivity contribution < 1.29 is 14.7 Å². The highest BCUT2D eigenvalue weighted by Crippen LogP contribution is 2.40. The third-order valence-electron chi connectivity index (χ3n) is 7.25. The van der Waals surface area contributed by atoms with Gasteiger partial charge in [0, 0.05) is 44.6 Å². The summed E-state index contributed by atoms with van der Waals surface area (Å²) >= 11 is 0. The van der Waals surface area contributed by atoms with Gasteiger partial charge in [-0.3, -0.25) is 14.3 Å². The molecule has 1 saturated carbocycles. The number of rotatable bonds is 5. The number of hydrogen-bond acceptors (Lipinski definition) is 7. The number of hydrogen-bond donors (Lipinski definition) is 2. The summed E-state index contributed by atoms with van der Waals surface area (Å²) in [7, 11) is 1.88. The van der Waals surface area contributed by atoms with Gasteiger partial charge < -0.3 is 15.3 Å². The SMILES string of the molecule is Cn1nnc2c1CCC(NC(=O)[C@H]1C[C@H](O)CN1C(=O)[C@H](n1cc(C3CC3)nn1)C(C)(C)C)C2. The molecule has 2 aliphatic carbocycles. The Labute approximate surface area is 198 Å². The number of aryl methyl sites for hydroxylation is 1. The van der Waals surface area contributed by atoms with Crippen molar-refractivity contribution in [2.75, 3.05) is 6.54 Å². The fourth-order valence-electron chi connectivity index (χ4n) is 5.28. The van der Waals surface area contributed by atoms with Crippen molar-refractivity contribution in [3.63, 3.8) is 0 Å². The molecule has 2 fully saturated rings. The van der Waals surface area contributed by atoms with E-state index in [1.54, 1.807) is 9.36 Å². The van der Waals surface area contributed by atoms with Gasteiger partial charge in [0.2, 0.25) is 11.8 Å². The first-order valence-corrected chi connectivity index (χ1v) is 12.2. The zero-order valence-corrected chi connectivity index (χ0v) is 20.3. The van der Waals surface area contributed by atoms with Crippen LogP contribution in [0.25, 0.3) is 0 Å². The highest BCUT2D eigenvalue weighted by atomic mass is 16.3. The summed E-state index contributed by atoms with van der Waals surface area (Å²) in [6.45, 7) is 6.08. The number of carbonyl (C=O) groups is 2. The minimum absolute atomic E-state index is 0.0683. The molecule has 2 N–H and O–H groups in total. The number of likely N-dealkylation sites (tertiary alicyclic amines) is 1. The number of nitrogens with one attached hydrogen (secondary N) is 1. The van der Waals surface area contributed by atoms with E-state index in [1.165, 1.54) is 4.90 Å². The van der Waals surface area contributed by atoms with Gasteiger partial charge in [0.25, 0.3) is 0 Å². The van der Waals surface area contributed by atoms with Crippen molar-refractivity contribution in [1.29, 1.82) is 0 Å². The zero-order chi connectivity index (χ0) is 24.2. The summed E-state index contributed by atoms with van der Waals surface area (Å²) in [5.74, 6) is -0.00891. The summed E-state index contributed by atoms with van der Waals surface area (Å²) < 4.78 is 3.43. The molecule has 34 heavy (non-hydrogen) atoms. The van der Waals surface area contributed by atoms with Gasteiger partial charge in [0.1, 0.15) is 12.1 Å². The zero-order valence-electron chi connectivity index (χ0n) is 20.3. The van der Waals surface area contributed by atoms with Gasteiger partial charge in [-0.2, -0.15) is 0 Å². The molecule has 1 saturated heterocycles. The highest BCUT2D eigenvalue weighted by molar-refractivity contribution is 5.90. The second-order valence-electron chi connectivity index (χ2n) is 11.1. The molecule has 184 valence electrons. The van der Waals surface area contributed by atoms with Crippen LogP contribution in [0.15, 0.2) is 6.20 Å². The highest BCUT2D eigenvalue weighted by Gasteiger charge is 2.46. The van der Waals surface area contributed by atoms with Crippen LogP contribution in [0.2, 0.25) is 0 Å². The van der Waals surface area contributed by atoms with Crippen LogP contribution >= 0.6 is 0 Å². The van der Waals surface area contributed by atoms with E-state index in [1.807, 2.05) is 34.0 Å². The Hall–Kier alpha value is -2.82. The predicted octanol–water partition coefficient (Wildman–Crippen LogP) is 0.507. The van der Waals surface area contributed by atoms with Crippen LogP contribution < -0.4 is 5.32 Å². The summed E-state index contributed by atoms with van der Waals surface area (Å²) in [5, 5.41) is 30.4. The van der Waals surface area contributed by atoms with E-state index in [4.69, 9.17) is 0 Å². The van der Waals surface area contributed by atoms with E-state index >= 15 is 0 Å². The van der Waals surface area contributed by atoms with Gasteiger partial charge in [0.05, 0.1) is 23.2 Å². The van der Waals surface area contributed by atoms with Crippen molar-refractivity contribution in [2.24, 2.45) is 12.5 Å². The lowest BCUT2D eigenvalue weighted by Crippen LogP contribution is -2.52. The minimum Gasteiger partial charge on any atom is -0.391 e. The summed E-state index contributed by atoms with van der Waals surface area (Å²) in [6, 6.07) is -1.41. The van der Waals surface area contributed by atoms with Crippen LogP contribution in [0.4, 0.5) is 0 Å². The molecule has 0 radical (unpaired) electrons. The second kappa shape index (κ2) is 8.44. The van der Waals surface area contributed by atoms with Gasteiger partial charge in [-0.25, -0.2) is 4.68 Å². The molecule has 0 aromatic carbocycles. The summed E-state index contributed by atoms with van der Waals surface area (Å²) in [6.07, 6.45) is 5.76. The molecular weight excluding hydrogens is 436 g/mol. The van der Waals surface area contributed by atoms with E-state index in [0.29, 0.717) is 12.3 Å². The maximum absolute atomic E-state index is 13.8. The number of aromatic nitrogens is 6. The Kier molecular flexibility index (Phi) is 5.70. The van der Waals surface area contributed by atoms with Crippen molar-refractivity contribution >= 4 is 11.8 Å². The lowest BCUT2D eigenvalue weighted by atomic mass is 9.85. The molecule has 11 nitrogen and oxygen atoms in total. The average molecular weight is 471 g/mol. The van der Waals surface area contributed by atoms with Crippen molar-refractivity contribution in [3.8, 4) is 0 Å². The van der Waals surface area contributed by atoms with Crippen LogP contribution in [0.1, 0.15) is 75.5 Å². The molecule has 4 atom stereocenters. The Morgan fingerprint density at radius 1 is 1.18 bits per heavy atom. The largest absolute Gasteiger partial charge is 0.391 e. The number of aliphatic hydroxyl groups excluding tert-OH is 1. The van der Waals surface area contributed by atoms with E-state index < -0.39 is 23.6 Å². The standard InChI is InChI=1S/C23H34N8O3/c1-23(2,3)20(31-12-17(26-28-31)13-5-6-13)22(34)30-11-15(32)10-19(30)21(33)24-14-7-8-18-16(9-14)25-27-29(18)4/h12-15,19-20,32H,5-11H2,1-4H3,(H,24,33)/t14?,15-,19+,20-/m0/s1. The number of aliphatic hydroxyl groups is 1. The Morgan fingerprint density at radius 2 is 1.94 bits per heavy atom. The topological polar surface area (TPSA) is 131 Å². The number of carbonyl (C=O) groups excluding carboxylic acids is 2. The van der Waals surface area contributed by atoms with Gasteiger partial charge in [-0.15, -0.1) is 10.2 Å². The lowest BCUT2D eigenvalue weighted by Gasteiger charge is -2.35. The average Bonchev–Trinajstić information content (AvgIpc) is 3.19. The molecule has 2 aromatic rings. The van der Waals surface area contributed by atoms with Gasteiger partial charge in [-0.1, -0.05) is 31.2 Å². The van der Waals surface area contributed by atoms with Crippen molar-refractivity contribution in [1.82, 2.24) is 40.2 Å². The number of nitrogens with zero attached hydrogens (tertiary/aromatic N) is 7. The van der Waals surface area contributed by atoms with Crippen molar-refractivity contribution in [3.05, 3.63) is 23.3 Å². The molecule has 0 spiro atoms. The molecule has 2 amide bonds. The van der Waals surface area contributed by atoms with Gasteiger partial charge in [-0.05, 0) is 31.1 Å². The van der Waals surface area contributed by atoms with E-state index in [-0.39, 0.29) is 30.8 Å². The van der Waals surface area contributed by atoms with Crippen LogP contribution in [-0.4, -0.2) is 76.5 Å². The predicted molar refractivity (Wildman–Crippen MR) is 122 cm³/mol. The first-order chi connectivity index (χ1) is 16.1. The van der Waals surface area contributed by atoms with E-state index in [0.717, 1.165) is 42.8 Å². The fourth-order valence-corrected chi connectivity index (χ4v) is 5.28. The third kappa shape index (κ3) is 4.33. The van der Waals surface area contributed by atoms with E-state index in [9.17, 15) is 14.7 Å². The maximum Gasteiger partial charge on any atom is 0.248 e. The van der Waals surface area contributed by atoms with Gasteiger partial charge in [0.15, 0.2) is 0 Å². The van der Waals surface area contributed by atoms with Crippen molar-refractivity contribution in [2.45, 2.75) is 89.4 Å². The number of β-amino-alcohol motifs (C(OH)–C–C–N with tert-alkyl or cyclic N) is 1. The first-order valence-electron chi connectivity index (χ1n) is 12.2. The van der Waals surface area contributed by atoms with E-state index in [2.05, 4.69) is 25.9 Å². The van der Waals surface area contributed by atoms with Crippen LogP contribution in [0.5, 0.6) is 0 Å². The fraction of sp³-hybridized carbons (Fsp3) is 0.739. The summed E-state index contributed by atoms with van der Waals surface area (Å²) in [4.78, 5) is 28.7. The Morgan fingerprint density at radius 3 is 2.65 bits per heavy atom. The Bertz CT molecular complexity index is 1080. The normalized spacial score (nSPS) is 25.8. The summed E-state index contributed by atoms with van der Waals surface area (Å²) in [5.41, 5.74) is 2.47. The first kappa shape index (κ1) is 22.9. The molecule has 0 bridgehead atoms. The van der Waals surface area contributed by atoms with Crippen LogP contribution in [0.3, 0.4) is 0 Å². The van der Waals surface area contributed by atoms with Crippen LogP contribution in [-0.2, 0) is 29.5 Å². The molecule has 5 rings (SSSR count). The van der Waals surface area contributed by atoms with Crippen LogP contribution in [0, 0.1) is 5.41 Å². The molecule has 1 aliphatic heterocycles. The quantitative estimate of drug-likeness (QED) is 0.651. The molecule has 1 unspecified atom stereocenters. The molecule has 3 heterocycles. The second-order valence-corrected chi connectivity index (χ2v) is 11.1. The maximum atomic E-state index is 13.8. The molecule has 11 heteroatoms. The monoisotopic (exact) mass is 470 g/mol. The molecule has 2 aromatic heterocycles.